The lowest BCUT2D eigenvalue weighted by Gasteiger charge is -2.38. The Morgan fingerprint density at radius 2 is 2.15 bits per heavy atom. The van der Waals surface area contributed by atoms with Gasteiger partial charge in [-0.1, -0.05) is 11.6 Å². The van der Waals surface area contributed by atoms with Crippen molar-refractivity contribution in [2.45, 2.75) is 31.4 Å². The van der Waals surface area contributed by atoms with Gasteiger partial charge in [0.15, 0.2) is 0 Å². The van der Waals surface area contributed by atoms with Crippen LogP contribution in [0.15, 0.2) is 36.7 Å². The van der Waals surface area contributed by atoms with Gasteiger partial charge in [0.25, 0.3) is 5.91 Å². The quantitative estimate of drug-likeness (QED) is 0.393. The minimum atomic E-state index is -0.253. The predicted octanol–water partition coefficient (Wildman–Crippen LogP) is 2.18. The number of methoxy groups -OCH3 is 2. The van der Waals surface area contributed by atoms with Gasteiger partial charge in [-0.15, -0.1) is 0 Å². The molecule has 0 bridgehead atoms. The maximum absolute atomic E-state index is 12.9. The van der Waals surface area contributed by atoms with Gasteiger partial charge in [-0.05, 0) is 44.0 Å². The van der Waals surface area contributed by atoms with Crippen molar-refractivity contribution >= 4 is 23.2 Å². The first-order chi connectivity index (χ1) is 15.5. The lowest BCUT2D eigenvalue weighted by atomic mass is 10.0. The summed E-state index contributed by atoms with van der Waals surface area (Å²) in [7, 11) is 3.17. The highest BCUT2D eigenvalue weighted by atomic mass is 35.5. The van der Waals surface area contributed by atoms with Gasteiger partial charge in [-0.3, -0.25) is 9.78 Å². The molecule has 1 saturated heterocycles. The molecule has 9 nitrogen and oxygen atoms in total. The van der Waals surface area contributed by atoms with Crippen LogP contribution >= 0.6 is 11.6 Å². The molecule has 0 unspecified atom stereocenters. The second-order valence-corrected chi connectivity index (χ2v) is 8.17. The first-order valence-electron chi connectivity index (χ1n) is 10.7. The number of unbranched alkanes of at least 4 members (excludes halogenated alkanes) is 1. The Morgan fingerprint density at radius 1 is 1.33 bits per heavy atom. The highest BCUT2D eigenvalue weighted by Gasteiger charge is 2.31. The number of nitrogen functional groups attached to an aromatic ring is 1. The standard InChI is InChI=1S/C23H31ClN4O4.H2O/c1-30-21-13-19(25)18(24)12-17(21)23(29)27-20-7-10-28(15-22(20)31-2)9-3-4-11-32-16-6-5-8-26-14-16;/h5-6,8,12-14,20,22H,3-4,7,9-11,15,25H2,1-2H3,(H,27,29);1H2/t20-,22+;/m1./s1. The maximum atomic E-state index is 12.9. The number of hydrogen-bond acceptors (Lipinski definition) is 7. The summed E-state index contributed by atoms with van der Waals surface area (Å²) < 4.78 is 16.7. The van der Waals surface area contributed by atoms with E-state index in [1.807, 2.05) is 12.1 Å². The predicted molar refractivity (Wildman–Crippen MR) is 128 cm³/mol. The first-order valence-corrected chi connectivity index (χ1v) is 11.1. The summed E-state index contributed by atoms with van der Waals surface area (Å²) >= 11 is 6.11. The molecule has 2 heterocycles. The molecule has 1 aromatic carbocycles. The van der Waals surface area contributed by atoms with Crippen LogP contribution in [0.25, 0.3) is 0 Å². The molecule has 182 valence electrons. The van der Waals surface area contributed by atoms with Crippen molar-refractivity contribution in [1.29, 1.82) is 0 Å². The number of nitrogens with zero attached hydrogens (tertiary/aromatic N) is 2. The number of nitrogens with two attached hydrogens (primary N) is 1. The number of hydrogen-bond donors (Lipinski definition) is 2. The summed E-state index contributed by atoms with van der Waals surface area (Å²) in [5, 5.41) is 3.40. The topological polar surface area (TPSA) is 130 Å². The molecule has 0 radical (unpaired) electrons. The summed E-state index contributed by atoms with van der Waals surface area (Å²) in [6.07, 6.45) is 6.12. The fourth-order valence-corrected chi connectivity index (χ4v) is 3.97. The Bertz CT molecular complexity index is 887. The highest BCUT2D eigenvalue weighted by Crippen LogP contribution is 2.29. The van der Waals surface area contributed by atoms with Crippen LogP contribution in [-0.2, 0) is 4.74 Å². The number of amides is 1. The molecular formula is C23H33ClN4O5. The SMILES string of the molecule is COc1cc(N)c(Cl)cc1C(=O)N[C@@H]1CCN(CCCCOc2cccnc2)C[C@@H]1OC.O. The van der Waals surface area contributed by atoms with E-state index in [1.165, 1.54) is 13.2 Å². The number of carbonyl (C=O) groups is 1. The number of aromatic nitrogens is 1. The molecule has 1 aliphatic rings. The van der Waals surface area contributed by atoms with E-state index in [0.717, 1.165) is 44.6 Å². The van der Waals surface area contributed by atoms with Gasteiger partial charge in [-0.25, -0.2) is 0 Å². The van der Waals surface area contributed by atoms with E-state index in [9.17, 15) is 4.79 Å². The molecule has 0 aliphatic carbocycles. The summed E-state index contributed by atoms with van der Waals surface area (Å²) in [6, 6.07) is 6.77. The minimum Gasteiger partial charge on any atom is -0.496 e. The van der Waals surface area contributed by atoms with Crippen LogP contribution in [0.2, 0.25) is 5.02 Å². The van der Waals surface area contributed by atoms with Crippen molar-refractivity contribution in [2.24, 2.45) is 0 Å². The summed E-state index contributed by atoms with van der Waals surface area (Å²) in [5.41, 5.74) is 6.55. The molecule has 5 N–H and O–H groups in total. The minimum absolute atomic E-state index is 0. The Labute approximate surface area is 199 Å². The van der Waals surface area contributed by atoms with Crippen LogP contribution in [0, 0.1) is 0 Å². The zero-order valence-corrected chi connectivity index (χ0v) is 19.8. The van der Waals surface area contributed by atoms with Crippen LogP contribution in [0.3, 0.4) is 0 Å². The number of pyridine rings is 1. The van der Waals surface area contributed by atoms with Gasteiger partial charge in [0.2, 0.25) is 0 Å². The van der Waals surface area contributed by atoms with Gasteiger partial charge < -0.3 is 35.6 Å². The van der Waals surface area contributed by atoms with E-state index in [-0.39, 0.29) is 23.5 Å². The highest BCUT2D eigenvalue weighted by molar-refractivity contribution is 6.33. The molecule has 3 rings (SSSR count). The van der Waals surface area contributed by atoms with Crippen LogP contribution in [-0.4, -0.2) is 73.9 Å². The number of rotatable bonds is 10. The van der Waals surface area contributed by atoms with Gasteiger partial charge >= 0.3 is 0 Å². The number of carbonyl (C=O) groups excluding carboxylic acids is 1. The Balaban J connectivity index is 0.00000385. The molecule has 2 atom stereocenters. The van der Waals surface area contributed by atoms with Crippen LogP contribution in [0.1, 0.15) is 29.6 Å². The number of ether oxygens (including phenoxy) is 3. The second kappa shape index (κ2) is 13.2. The van der Waals surface area contributed by atoms with Crippen molar-refractivity contribution in [3.63, 3.8) is 0 Å². The number of piperidine rings is 1. The third-order valence-corrected chi connectivity index (χ3v) is 5.93. The lowest BCUT2D eigenvalue weighted by Crippen LogP contribution is -2.54. The molecule has 1 amide bonds. The Kier molecular flexibility index (Phi) is 10.7. The van der Waals surface area contributed by atoms with Gasteiger partial charge in [0.1, 0.15) is 11.5 Å². The van der Waals surface area contributed by atoms with Crippen LogP contribution in [0.5, 0.6) is 11.5 Å². The van der Waals surface area contributed by atoms with Crippen LogP contribution < -0.4 is 20.5 Å². The van der Waals surface area contributed by atoms with Crippen molar-refractivity contribution in [3.05, 3.63) is 47.2 Å². The fraction of sp³-hybridized carbons (Fsp3) is 0.478. The smallest absolute Gasteiger partial charge is 0.255 e. The molecule has 1 fully saturated rings. The summed E-state index contributed by atoms with van der Waals surface area (Å²) in [4.78, 5) is 19.3. The van der Waals surface area contributed by atoms with E-state index in [2.05, 4.69) is 15.2 Å². The largest absolute Gasteiger partial charge is 0.496 e. The summed E-state index contributed by atoms with van der Waals surface area (Å²) in [5.74, 6) is 0.934. The van der Waals surface area contributed by atoms with E-state index in [4.69, 9.17) is 31.5 Å². The Morgan fingerprint density at radius 3 is 2.85 bits per heavy atom. The van der Waals surface area contributed by atoms with Gasteiger partial charge in [0.05, 0.1) is 48.3 Å². The van der Waals surface area contributed by atoms with E-state index in [1.54, 1.807) is 25.6 Å². The first kappa shape index (κ1) is 26.7. The van der Waals surface area contributed by atoms with E-state index in [0.29, 0.717) is 28.6 Å². The monoisotopic (exact) mass is 480 g/mol. The molecule has 0 saturated carbocycles. The van der Waals surface area contributed by atoms with E-state index >= 15 is 0 Å². The van der Waals surface area contributed by atoms with E-state index < -0.39 is 0 Å². The zero-order chi connectivity index (χ0) is 22.9. The number of halogens is 1. The van der Waals surface area contributed by atoms with Crippen molar-refractivity contribution in [3.8, 4) is 11.5 Å². The molecule has 1 aromatic heterocycles. The normalized spacial score (nSPS) is 18.3. The average Bonchev–Trinajstić information content (AvgIpc) is 2.81. The second-order valence-electron chi connectivity index (χ2n) is 7.76. The lowest BCUT2D eigenvalue weighted by molar-refractivity contribution is 0.00578. The molecule has 0 spiro atoms. The zero-order valence-electron chi connectivity index (χ0n) is 19.1. The molecule has 1 aliphatic heterocycles. The van der Waals surface area contributed by atoms with Gasteiger partial charge in [-0.2, -0.15) is 0 Å². The molecule has 33 heavy (non-hydrogen) atoms. The maximum Gasteiger partial charge on any atom is 0.255 e. The van der Waals surface area contributed by atoms with Gasteiger partial charge in [0, 0.05) is 32.5 Å². The van der Waals surface area contributed by atoms with Crippen molar-refractivity contribution < 1.29 is 24.5 Å². The molecule has 2 aromatic rings. The van der Waals surface area contributed by atoms with Crippen LogP contribution in [0.4, 0.5) is 5.69 Å². The number of anilines is 1. The number of benzene rings is 1. The summed E-state index contributed by atoms with van der Waals surface area (Å²) in [6.45, 7) is 3.26. The van der Waals surface area contributed by atoms with Crippen molar-refractivity contribution in [1.82, 2.24) is 15.2 Å². The number of likely N-dealkylation sites (tertiary alicyclic amines) is 1. The molecular weight excluding hydrogens is 448 g/mol. The molecule has 10 heteroatoms. The number of nitrogens with one attached hydrogen (secondary N) is 1. The average molecular weight is 481 g/mol. The third kappa shape index (κ3) is 7.46. The Hall–Kier alpha value is -2.59. The third-order valence-electron chi connectivity index (χ3n) is 5.60. The van der Waals surface area contributed by atoms with Crippen molar-refractivity contribution in [2.75, 3.05) is 46.2 Å². The fourth-order valence-electron chi connectivity index (χ4n) is 3.81.